The van der Waals surface area contributed by atoms with Gasteiger partial charge in [0.05, 0.1) is 17.7 Å². The predicted octanol–water partition coefficient (Wildman–Crippen LogP) is 2.83. The van der Waals surface area contributed by atoms with Crippen LogP contribution in [0.2, 0.25) is 0 Å². The highest BCUT2D eigenvalue weighted by atomic mass is 16.7. The summed E-state index contributed by atoms with van der Waals surface area (Å²) >= 11 is 0. The molecule has 162 valence electrons. The van der Waals surface area contributed by atoms with Gasteiger partial charge in [-0.15, -0.1) is 0 Å². The van der Waals surface area contributed by atoms with E-state index in [4.69, 9.17) is 19.3 Å². The molecule has 0 aromatic heterocycles. The molecule has 0 atom stereocenters. The Hall–Kier alpha value is -4.17. The summed E-state index contributed by atoms with van der Waals surface area (Å²) in [5.41, 5.74) is 1.96. The molecule has 4 rings (SSSR count). The number of aliphatic hydroxyl groups excluding tert-OH is 1. The zero-order chi connectivity index (χ0) is 22.5. The van der Waals surface area contributed by atoms with Gasteiger partial charge in [0.15, 0.2) is 11.5 Å². The van der Waals surface area contributed by atoms with Crippen molar-refractivity contribution in [1.29, 1.82) is 0 Å². The van der Waals surface area contributed by atoms with Crippen molar-refractivity contribution >= 4 is 17.8 Å². The molecule has 0 saturated heterocycles. The van der Waals surface area contributed by atoms with Crippen LogP contribution in [0.1, 0.15) is 42.2 Å². The van der Waals surface area contributed by atoms with Crippen LogP contribution in [0.3, 0.4) is 0 Å². The van der Waals surface area contributed by atoms with Crippen LogP contribution < -0.4 is 14.8 Å². The Bertz CT molecular complexity index is 1170. The second-order valence-electron chi connectivity index (χ2n) is 6.98. The lowest BCUT2D eigenvalue weighted by Crippen LogP contribution is -2.23. The normalized spacial score (nSPS) is 11.7. The first kappa shape index (κ1) is 21.1. The minimum absolute atomic E-state index is 0.0704. The number of aliphatic hydroxyl groups is 1. The fourth-order valence-corrected chi connectivity index (χ4v) is 3.07. The zero-order valence-corrected chi connectivity index (χ0v) is 16.9. The Kier molecular flexibility index (Phi) is 6.14. The summed E-state index contributed by atoms with van der Waals surface area (Å²) in [6.07, 6.45) is 0. The molecule has 0 aliphatic carbocycles. The van der Waals surface area contributed by atoms with Crippen LogP contribution in [0.15, 0.2) is 66.7 Å². The number of esters is 2. The number of benzene rings is 3. The highest BCUT2D eigenvalue weighted by Crippen LogP contribution is 2.32. The summed E-state index contributed by atoms with van der Waals surface area (Å²) in [5.74, 6) is -0.797. The second-order valence-corrected chi connectivity index (χ2v) is 6.98. The molecular weight excluding hydrogens is 414 g/mol. The molecule has 2 N–H and O–H groups in total. The van der Waals surface area contributed by atoms with E-state index in [0.717, 1.165) is 5.56 Å². The zero-order valence-electron chi connectivity index (χ0n) is 16.9. The van der Waals surface area contributed by atoms with E-state index < -0.39 is 11.9 Å². The average Bonchev–Trinajstić information content (AvgIpc) is 3.30. The van der Waals surface area contributed by atoms with Gasteiger partial charge in [-0.05, 0) is 53.6 Å². The Morgan fingerprint density at radius 1 is 0.812 bits per heavy atom. The second kappa shape index (κ2) is 9.32. The van der Waals surface area contributed by atoms with Crippen LogP contribution in [0, 0.1) is 0 Å². The Balaban J connectivity index is 1.37. The van der Waals surface area contributed by atoms with Crippen LogP contribution >= 0.6 is 0 Å². The first-order chi connectivity index (χ1) is 15.5. The number of carbonyl (C=O) groups excluding carboxylic acids is 3. The summed E-state index contributed by atoms with van der Waals surface area (Å²) in [6, 6.07) is 17.3. The topological polar surface area (TPSA) is 111 Å². The molecule has 1 aliphatic rings. The molecule has 8 nitrogen and oxygen atoms in total. The lowest BCUT2D eigenvalue weighted by Gasteiger charge is -2.08. The van der Waals surface area contributed by atoms with Crippen molar-refractivity contribution in [2.75, 3.05) is 6.79 Å². The van der Waals surface area contributed by atoms with Crippen LogP contribution in [0.25, 0.3) is 0 Å². The van der Waals surface area contributed by atoms with Crippen LogP contribution in [-0.4, -0.2) is 29.7 Å². The Labute approximate surface area is 183 Å². The van der Waals surface area contributed by atoms with Gasteiger partial charge in [0.25, 0.3) is 5.91 Å². The maximum Gasteiger partial charge on any atom is 0.346 e. The number of ether oxygens (including phenoxy) is 3. The van der Waals surface area contributed by atoms with Crippen LogP contribution in [0.4, 0.5) is 0 Å². The van der Waals surface area contributed by atoms with Gasteiger partial charge in [-0.3, -0.25) is 4.79 Å². The minimum atomic E-state index is -0.869. The van der Waals surface area contributed by atoms with Gasteiger partial charge in [0, 0.05) is 12.1 Å². The molecule has 1 amide bonds. The highest BCUT2D eigenvalue weighted by Gasteiger charge is 2.17. The number of amides is 1. The number of nitrogens with one attached hydrogen (secondary N) is 1. The Morgan fingerprint density at radius 3 is 2.28 bits per heavy atom. The van der Waals surface area contributed by atoms with Crippen molar-refractivity contribution in [3.05, 3.63) is 94.5 Å². The van der Waals surface area contributed by atoms with E-state index >= 15 is 0 Å². The number of fused-ring (bicyclic) bond motifs is 1. The minimum Gasteiger partial charge on any atom is -0.454 e. The third kappa shape index (κ3) is 4.76. The number of hydrogen-bond acceptors (Lipinski definition) is 7. The predicted molar refractivity (Wildman–Crippen MR) is 112 cm³/mol. The molecule has 0 spiro atoms. The summed E-state index contributed by atoms with van der Waals surface area (Å²) in [4.78, 5) is 37.1. The van der Waals surface area contributed by atoms with E-state index in [9.17, 15) is 14.4 Å². The molecule has 1 heterocycles. The molecule has 3 aromatic rings. The largest absolute Gasteiger partial charge is 0.454 e. The number of hydrogen-bond donors (Lipinski definition) is 2. The highest BCUT2D eigenvalue weighted by molar-refractivity contribution is 6.04. The molecule has 8 heteroatoms. The Morgan fingerprint density at radius 2 is 1.50 bits per heavy atom. The van der Waals surface area contributed by atoms with Crippen molar-refractivity contribution in [3.63, 3.8) is 0 Å². The number of rotatable bonds is 6. The van der Waals surface area contributed by atoms with E-state index in [-0.39, 0.29) is 42.5 Å². The fraction of sp³-hybridized carbons (Fsp3) is 0.125. The summed E-state index contributed by atoms with van der Waals surface area (Å²) < 4.78 is 15.5. The molecule has 1 aliphatic heterocycles. The van der Waals surface area contributed by atoms with Crippen LogP contribution in [0.5, 0.6) is 11.5 Å². The molecule has 0 fully saturated rings. The molecule has 0 radical (unpaired) electrons. The maximum atomic E-state index is 12.5. The average molecular weight is 433 g/mol. The van der Waals surface area contributed by atoms with E-state index in [1.54, 1.807) is 30.3 Å². The van der Waals surface area contributed by atoms with Crippen molar-refractivity contribution in [3.8, 4) is 11.5 Å². The quantitative estimate of drug-likeness (QED) is 0.454. The monoisotopic (exact) mass is 433 g/mol. The number of carbonyl (C=O) groups is 3. The van der Waals surface area contributed by atoms with Gasteiger partial charge in [-0.25, -0.2) is 9.59 Å². The lowest BCUT2D eigenvalue weighted by atomic mass is 10.1. The summed E-state index contributed by atoms with van der Waals surface area (Å²) in [5, 5.41) is 11.8. The van der Waals surface area contributed by atoms with Gasteiger partial charge in [-0.1, -0.05) is 24.3 Å². The van der Waals surface area contributed by atoms with Gasteiger partial charge < -0.3 is 24.6 Å². The smallest absolute Gasteiger partial charge is 0.346 e. The summed E-state index contributed by atoms with van der Waals surface area (Å²) in [7, 11) is 0. The van der Waals surface area contributed by atoms with Crippen molar-refractivity contribution in [1.82, 2.24) is 5.32 Å². The third-order valence-electron chi connectivity index (χ3n) is 4.81. The van der Waals surface area contributed by atoms with E-state index in [2.05, 4.69) is 5.32 Å². The van der Waals surface area contributed by atoms with E-state index in [0.29, 0.717) is 17.1 Å². The third-order valence-corrected chi connectivity index (χ3v) is 4.81. The first-order valence-electron chi connectivity index (χ1n) is 9.76. The lowest BCUT2D eigenvalue weighted by molar-refractivity contribution is 0.0397. The molecule has 0 unspecified atom stereocenters. The molecule has 0 bridgehead atoms. The molecule has 32 heavy (non-hydrogen) atoms. The maximum absolute atomic E-state index is 12.5. The van der Waals surface area contributed by atoms with E-state index in [1.807, 2.05) is 6.07 Å². The molecular formula is C24H19NO7. The van der Waals surface area contributed by atoms with E-state index in [1.165, 1.54) is 30.3 Å². The first-order valence-corrected chi connectivity index (χ1v) is 9.76. The molecule has 0 saturated carbocycles. The van der Waals surface area contributed by atoms with Crippen molar-refractivity contribution in [2.24, 2.45) is 0 Å². The standard InChI is InChI=1S/C24H19NO7/c26-13-15-4-7-17(8-5-15)23(28)32-24(29)19-3-1-2-18(11-19)22(27)25-12-16-6-9-20-21(10-16)31-14-30-20/h1-11,26H,12-14H2,(H,25,27). The van der Waals surface area contributed by atoms with Gasteiger partial charge in [0.2, 0.25) is 6.79 Å². The SMILES string of the molecule is O=C(NCc1ccc2c(c1)OCO2)c1cccc(C(=O)OC(=O)c2ccc(CO)cc2)c1. The van der Waals surface area contributed by atoms with Gasteiger partial charge in [0.1, 0.15) is 0 Å². The summed E-state index contributed by atoms with van der Waals surface area (Å²) in [6.45, 7) is 0.273. The van der Waals surface area contributed by atoms with Crippen molar-refractivity contribution in [2.45, 2.75) is 13.2 Å². The fourth-order valence-electron chi connectivity index (χ4n) is 3.07. The van der Waals surface area contributed by atoms with Crippen LogP contribution in [-0.2, 0) is 17.9 Å². The molecule has 3 aromatic carbocycles. The van der Waals surface area contributed by atoms with Crippen molar-refractivity contribution < 1.29 is 33.7 Å². The van der Waals surface area contributed by atoms with Gasteiger partial charge >= 0.3 is 11.9 Å². The van der Waals surface area contributed by atoms with Gasteiger partial charge in [-0.2, -0.15) is 0 Å².